The molecule has 0 amide bonds. The van der Waals surface area contributed by atoms with Crippen molar-refractivity contribution in [3.05, 3.63) is 66.2 Å². The van der Waals surface area contributed by atoms with Crippen molar-refractivity contribution in [1.29, 1.82) is 0 Å². The van der Waals surface area contributed by atoms with Crippen LogP contribution in [0, 0.1) is 0 Å². The number of piperidine rings is 1. The molecule has 0 aliphatic carbocycles. The molecular formula is C25H30N4. The second-order valence-electron chi connectivity index (χ2n) is 8.24. The number of nitrogens with zero attached hydrogens (tertiary/aromatic N) is 3. The van der Waals surface area contributed by atoms with E-state index in [1.807, 2.05) is 0 Å². The van der Waals surface area contributed by atoms with Gasteiger partial charge in [0.15, 0.2) is 0 Å². The van der Waals surface area contributed by atoms with E-state index in [4.69, 9.17) is 4.98 Å². The van der Waals surface area contributed by atoms with E-state index in [0.717, 1.165) is 37.4 Å². The Labute approximate surface area is 173 Å². The lowest BCUT2D eigenvalue weighted by atomic mass is 9.98. The molecule has 2 saturated heterocycles. The van der Waals surface area contributed by atoms with Gasteiger partial charge < -0.3 is 5.32 Å². The van der Waals surface area contributed by atoms with E-state index in [-0.39, 0.29) is 0 Å². The Morgan fingerprint density at radius 2 is 1.45 bits per heavy atom. The van der Waals surface area contributed by atoms with Crippen LogP contribution in [0.4, 0.5) is 0 Å². The lowest BCUT2D eigenvalue weighted by Gasteiger charge is -2.44. The minimum Gasteiger partial charge on any atom is -0.314 e. The van der Waals surface area contributed by atoms with Crippen LogP contribution in [0.15, 0.2) is 60.7 Å². The minimum absolute atomic E-state index is 0.296. The molecular weight excluding hydrogens is 356 g/mol. The van der Waals surface area contributed by atoms with Gasteiger partial charge in [0.25, 0.3) is 0 Å². The third kappa shape index (κ3) is 3.93. The molecule has 5 rings (SSSR count). The van der Waals surface area contributed by atoms with Crippen molar-refractivity contribution >= 4 is 10.9 Å². The molecule has 0 saturated carbocycles. The molecule has 4 heteroatoms. The second-order valence-corrected chi connectivity index (χ2v) is 8.24. The molecule has 3 aromatic rings. The standard InChI is InChI=1S/C25H30N4/c1-3-9-20(10-4-1)24-22(19-21-11-5-6-12-23(21)27-24)25(28-15-7-2-8-16-28)29-17-13-26-14-18-29/h1,3-6,9-12,19,25-26H,2,7-8,13-18H2. The van der Waals surface area contributed by atoms with Gasteiger partial charge in [0.2, 0.25) is 0 Å². The molecule has 1 atom stereocenters. The van der Waals surface area contributed by atoms with Crippen LogP contribution in [-0.2, 0) is 0 Å². The summed E-state index contributed by atoms with van der Waals surface area (Å²) in [6.45, 7) is 6.65. The van der Waals surface area contributed by atoms with Gasteiger partial charge in [-0.2, -0.15) is 0 Å². The lowest BCUT2D eigenvalue weighted by molar-refractivity contribution is 0.0201. The average Bonchev–Trinajstić information content (AvgIpc) is 2.81. The van der Waals surface area contributed by atoms with Crippen LogP contribution in [0.3, 0.4) is 0 Å². The Morgan fingerprint density at radius 1 is 0.759 bits per heavy atom. The number of rotatable bonds is 4. The van der Waals surface area contributed by atoms with Crippen LogP contribution >= 0.6 is 0 Å². The molecule has 0 spiro atoms. The first-order valence-corrected chi connectivity index (χ1v) is 11.0. The first-order chi connectivity index (χ1) is 14.4. The fraction of sp³-hybridized carbons (Fsp3) is 0.400. The summed E-state index contributed by atoms with van der Waals surface area (Å²) in [5.41, 5.74) is 4.79. The van der Waals surface area contributed by atoms with Gasteiger partial charge in [-0.25, -0.2) is 4.98 Å². The van der Waals surface area contributed by atoms with Crippen LogP contribution in [0.5, 0.6) is 0 Å². The summed E-state index contributed by atoms with van der Waals surface area (Å²) in [5.74, 6) is 0. The van der Waals surface area contributed by atoms with Crippen molar-refractivity contribution in [3.8, 4) is 11.3 Å². The van der Waals surface area contributed by atoms with Gasteiger partial charge in [-0.3, -0.25) is 9.80 Å². The molecule has 0 bridgehead atoms. The molecule has 150 valence electrons. The number of hydrogen-bond acceptors (Lipinski definition) is 4. The zero-order valence-corrected chi connectivity index (χ0v) is 17.1. The molecule has 4 nitrogen and oxygen atoms in total. The first-order valence-electron chi connectivity index (χ1n) is 11.0. The Balaban J connectivity index is 1.67. The largest absolute Gasteiger partial charge is 0.314 e. The van der Waals surface area contributed by atoms with Crippen LogP contribution in [-0.4, -0.2) is 54.1 Å². The maximum atomic E-state index is 5.19. The third-order valence-electron chi connectivity index (χ3n) is 6.31. The van der Waals surface area contributed by atoms with E-state index >= 15 is 0 Å². The monoisotopic (exact) mass is 386 g/mol. The molecule has 3 heterocycles. The van der Waals surface area contributed by atoms with Gasteiger partial charge in [0.05, 0.1) is 17.4 Å². The number of hydrogen-bond donors (Lipinski definition) is 1. The highest BCUT2D eigenvalue weighted by Crippen LogP contribution is 2.36. The summed E-state index contributed by atoms with van der Waals surface area (Å²) in [5, 5.41) is 4.76. The number of pyridine rings is 1. The molecule has 2 aromatic carbocycles. The van der Waals surface area contributed by atoms with Crippen molar-refractivity contribution in [2.75, 3.05) is 39.3 Å². The molecule has 2 aliphatic rings. The van der Waals surface area contributed by atoms with E-state index < -0.39 is 0 Å². The third-order valence-corrected chi connectivity index (χ3v) is 6.31. The zero-order chi connectivity index (χ0) is 19.5. The Morgan fingerprint density at radius 3 is 2.24 bits per heavy atom. The average molecular weight is 387 g/mol. The maximum Gasteiger partial charge on any atom is 0.0908 e. The van der Waals surface area contributed by atoms with E-state index in [9.17, 15) is 0 Å². The molecule has 0 radical (unpaired) electrons. The summed E-state index contributed by atoms with van der Waals surface area (Å²) in [7, 11) is 0. The number of fused-ring (bicyclic) bond motifs is 1. The van der Waals surface area contributed by atoms with Crippen molar-refractivity contribution < 1.29 is 0 Å². The number of para-hydroxylation sites is 1. The predicted molar refractivity (Wildman–Crippen MR) is 120 cm³/mol. The highest BCUT2D eigenvalue weighted by atomic mass is 15.4. The summed E-state index contributed by atoms with van der Waals surface area (Å²) < 4.78 is 0. The van der Waals surface area contributed by atoms with Gasteiger partial charge in [0.1, 0.15) is 0 Å². The highest BCUT2D eigenvalue weighted by molar-refractivity contribution is 5.83. The van der Waals surface area contributed by atoms with E-state index in [1.54, 1.807) is 0 Å². The minimum atomic E-state index is 0.296. The van der Waals surface area contributed by atoms with E-state index in [2.05, 4.69) is 75.8 Å². The summed E-state index contributed by atoms with van der Waals surface area (Å²) in [6, 6.07) is 21.7. The zero-order valence-electron chi connectivity index (χ0n) is 17.1. The quantitative estimate of drug-likeness (QED) is 0.725. The van der Waals surface area contributed by atoms with Gasteiger partial charge >= 0.3 is 0 Å². The smallest absolute Gasteiger partial charge is 0.0908 e. The molecule has 1 N–H and O–H groups in total. The van der Waals surface area contributed by atoms with Crippen molar-refractivity contribution in [2.24, 2.45) is 0 Å². The Bertz CT molecular complexity index is 925. The van der Waals surface area contributed by atoms with Crippen molar-refractivity contribution in [1.82, 2.24) is 20.1 Å². The SMILES string of the molecule is c1ccc(-c2nc3ccccc3cc2C(N2CCCCC2)N2CCNCC2)cc1. The molecule has 29 heavy (non-hydrogen) atoms. The molecule has 2 fully saturated rings. The fourth-order valence-electron chi connectivity index (χ4n) is 4.87. The van der Waals surface area contributed by atoms with Crippen LogP contribution in [0.25, 0.3) is 22.2 Å². The van der Waals surface area contributed by atoms with Gasteiger partial charge in [0, 0.05) is 42.7 Å². The highest BCUT2D eigenvalue weighted by Gasteiger charge is 2.31. The van der Waals surface area contributed by atoms with Crippen LogP contribution in [0.2, 0.25) is 0 Å². The molecule has 1 aromatic heterocycles. The molecule has 2 aliphatic heterocycles. The number of benzene rings is 2. The van der Waals surface area contributed by atoms with Gasteiger partial charge in [-0.15, -0.1) is 0 Å². The van der Waals surface area contributed by atoms with Crippen molar-refractivity contribution in [2.45, 2.75) is 25.4 Å². The summed E-state index contributed by atoms with van der Waals surface area (Å²) in [6.07, 6.45) is 4.24. The summed E-state index contributed by atoms with van der Waals surface area (Å²) in [4.78, 5) is 10.6. The number of piperazine rings is 1. The van der Waals surface area contributed by atoms with Crippen molar-refractivity contribution in [3.63, 3.8) is 0 Å². The lowest BCUT2D eigenvalue weighted by Crippen LogP contribution is -2.51. The topological polar surface area (TPSA) is 31.4 Å². The van der Waals surface area contributed by atoms with Gasteiger partial charge in [-0.05, 0) is 38.1 Å². The van der Waals surface area contributed by atoms with E-state index in [1.165, 1.54) is 48.9 Å². The van der Waals surface area contributed by atoms with E-state index in [0.29, 0.717) is 6.17 Å². The van der Waals surface area contributed by atoms with Gasteiger partial charge in [-0.1, -0.05) is 55.0 Å². The number of aromatic nitrogens is 1. The first kappa shape index (κ1) is 18.7. The number of nitrogens with one attached hydrogen (secondary N) is 1. The molecule has 1 unspecified atom stereocenters. The number of likely N-dealkylation sites (tertiary alicyclic amines) is 1. The fourth-order valence-corrected chi connectivity index (χ4v) is 4.87. The second kappa shape index (κ2) is 8.62. The van der Waals surface area contributed by atoms with Crippen LogP contribution < -0.4 is 5.32 Å². The van der Waals surface area contributed by atoms with Crippen LogP contribution in [0.1, 0.15) is 31.0 Å². The Kier molecular flexibility index (Phi) is 5.57. The normalized spacial score (nSPS) is 20.0. The Hall–Kier alpha value is -2.27. The maximum absolute atomic E-state index is 5.19. The summed E-state index contributed by atoms with van der Waals surface area (Å²) >= 11 is 0. The predicted octanol–water partition coefficient (Wildman–Crippen LogP) is 4.29.